The van der Waals surface area contributed by atoms with Gasteiger partial charge in [-0.3, -0.25) is 4.79 Å². The fourth-order valence-electron chi connectivity index (χ4n) is 6.77. The molecule has 1 N–H and O–H groups in total. The minimum absolute atomic E-state index is 0.0112. The lowest BCUT2D eigenvalue weighted by Crippen LogP contribution is -2.43. The average molecular weight is 344 g/mol. The summed E-state index contributed by atoms with van der Waals surface area (Å²) in [5, 5.41) is 10.3. The van der Waals surface area contributed by atoms with Crippen LogP contribution in [-0.4, -0.2) is 30.7 Å². The van der Waals surface area contributed by atoms with Gasteiger partial charge in [-0.1, -0.05) is 12.5 Å². The van der Waals surface area contributed by atoms with E-state index in [0.29, 0.717) is 29.8 Å². The van der Waals surface area contributed by atoms with E-state index in [1.54, 1.807) is 12.7 Å². The number of ether oxygens (including phenoxy) is 1. The topological polar surface area (TPSA) is 46.5 Å². The Kier molecular flexibility index (Phi) is 4.44. The molecule has 0 aromatic heterocycles. The van der Waals surface area contributed by atoms with E-state index in [0.717, 1.165) is 19.3 Å². The molecule has 138 valence electrons. The molecule has 2 unspecified atom stereocenters. The molecule has 4 aliphatic carbocycles. The summed E-state index contributed by atoms with van der Waals surface area (Å²) in [5.41, 5.74) is 4.76. The number of ketones is 1. The number of hydrogen-bond donors (Lipinski definition) is 1. The van der Waals surface area contributed by atoms with E-state index in [2.05, 4.69) is 6.92 Å². The van der Waals surface area contributed by atoms with Crippen molar-refractivity contribution in [3.05, 3.63) is 22.8 Å². The zero-order valence-corrected chi connectivity index (χ0v) is 15.9. The Morgan fingerprint density at radius 3 is 2.84 bits per heavy atom. The van der Waals surface area contributed by atoms with Crippen molar-refractivity contribution in [1.29, 1.82) is 0 Å². The molecule has 0 spiro atoms. The van der Waals surface area contributed by atoms with Gasteiger partial charge in [0.1, 0.15) is 0 Å². The van der Waals surface area contributed by atoms with Gasteiger partial charge in [-0.25, -0.2) is 0 Å². The molecule has 0 aromatic rings. The molecule has 2 saturated carbocycles. The number of fused-ring (bicyclic) bond motifs is 4. The van der Waals surface area contributed by atoms with Crippen LogP contribution < -0.4 is 0 Å². The molecule has 0 saturated heterocycles. The predicted octanol–water partition coefficient (Wildman–Crippen LogP) is 4.06. The first-order valence-electron chi connectivity index (χ1n) is 10.1. The van der Waals surface area contributed by atoms with Crippen molar-refractivity contribution < 1.29 is 14.6 Å². The van der Waals surface area contributed by atoms with E-state index >= 15 is 0 Å². The minimum Gasteiger partial charge on any atom is -0.393 e. The molecule has 0 amide bonds. The van der Waals surface area contributed by atoms with Crippen LogP contribution in [-0.2, 0) is 9.53 Å². The fraction of sp³-hybridized carbons (Fsp3) is 0.773. The third-order valence-electron chi connectivity index (χ3n) is 7.97. The van der Waals surface area contributed by atoms with Crippen molar-refractivity contribution in [1.82, 2.24) is 0 Å². The zero-order valence-electron chi connectivity index (χ0n) is 15.9. The van der Waals surface area contributed by atoms with Gasteiger partial charge in [0.2, 0.25) is 0 Å². The number of carbonyl (C=O) groups is 1. The molecular formula is C22H32O3. The lowest BCUT2D eigenvalue weighted by Gasteiger charge is -2.50. The van der Waals surface area contributed by atoms with Gasteiger partial charge in [-0.2, -0.15) is 0 Å². The average Bonchev–Trinajstić information content (AvgIpc) is 2.93. The number of rotatable bonds is 3. The highest BCUT2D eigenvalue weighted by Gasteiger charge is 2.54. The molecule has 4 rings (SSSR count). The molecule has 0 heterocycles. The molecule has 25 heavy (non-hydrogen) atoms. The monoisotopic (exact) mass is 344 g/mol. The van der Waals surface area contributed by atoms with Gasteiger partial charge >= 0.3 is 0 Å². The van der Waals surface area contributed by atoms with Gasteiger partial charge < -0.3 is 9.84 Å². The van der Waals surface area contributed by atoms with Crippen molar-refractivity contribution >= 4 is 5.78 Å². The van der Waals surface area contributed by atoms with Crippen molar-refractivity contribution in [2.75, 3.05) is 13.7 Å². The minimum atomic E-state index is -0.193. The number of allylic oxidation sites excluding steroid dienone is 4. The Hall–Kier alpha value is -0.930. The number of hydrogen-bond acceptors (Lipinski definition) is 3. The van der Waals surface area contributed by atoms with Gasteiger partial charge in [-0.15, -0.1) is 0 Å². The summed E-state index contributed by atoms with van der Waals surface area (Å²) in [7, 11) is 1.69. The van der Waals surface area contributed by atoms with Crippen molar-refractivity contribution in [3.63, 3.8) is 0 Å². The summed E-state index contributed by atoms with van der Waals surface area (Å²) in [5.74, 6) is 2.11. The van der Waals surface area contributed by atoms with Crippen LogP contribution in [0.4, 0.5) is 0 Å². The van der Waals surface area contributed by atoms with E-state index < -0.39 is 0 Å². The standard InChI is InChI=1S/C22H32O3/c1-13(23)19-6-7-20-17-5-4-14-11-21(24)15(12-25-3)10-18(14)16(17)8-9-22(19,20)2/h11,13,15,17,19-20,23H,4-10,12H2,1-3H3/t13?,15?,17-,19-,20+,22-/m1/s1. The summed E-state index contributed by atoms with van der Waals surface area (Å²) in [6, 6.07) is 0. The first-order chi connectivity index (χ1) is 12.0. The molecule has 0 radical (unpaired) electrons. The molecule has 2 fully saturated rings. The van der Waals surface area contributed by atoms with Crippen LogP contribution >= 0.6 is 0 Å². The molecule has 6 atom stereocenters. The van der Waals surface area contributed by atoms with Crippen LogP contribution in [0.25, 0.3) is 0 Å². The third kappa shape index (κ3) is 2.66. The van der Waals surface area contributed by atoms with Gasteiger partial charge in [0.25, 0.3) is 0 Å². The van der Waals surface area contributed by atoms with Crippen LogP contribution in [0.15, 0.2) is 22.8 Å². The maximum Gasteiger partial charge on any atom is 0.161 e. The smallest absolute Gasteiger partial charge is 0.161 e. The second kappa shape index (κ2) is 6.35. The summed E-state index contributed by atoms with van der Waals surface area (Å²) < 4.78 is 5.29. The second-order valence-corrected chi connectivity index (χ2v) is 9.11. The highest BCUT2D eigenvalue weighted by Crippen LogP contribution is 2.62. The maximum absolute atomic E-state index is 12.3. The van der Waals surface area contributed by atoms with E-state index in [1.165, 1.54) is 36.8 Å². The molecule has 0 bridgehead atoms. The second-order valence-electron chi connectivity index (χ2n) is 9.11. The third-order valence-corrected chi connectivity index (χ3v) is 7.97. The van der Waals surface area contributed by atoms with E-state index in [1.807, 2.05) is 13.0 Å². The van der Waals surface area contributed by atoms with Crippen LogP contribution in [0.5, 0.6) is 0 Å². The highest BCUT2D eigenvalue weighted by molar-refractivity contribution is 5.95. The maximum atomic E-state index is 12.3. The molecule has 0 aromatic carbocycles. The quantitative estimate of drug-likeness (QED) is 0.840. The summed E-state index contributed by atoms with van der Waals surface area (Å²) in [4.78, 5) is 12.3. The number of aliphatic hydroxyl groups is 1. The Labute approximate surface area is 151 Å². The van der Waals surface area contributed by atoms with Crippen molar-refractivity contribution in [2.24, 2.45) is 29.1 Å². The predicted molar refractivity (Wildman–Crippen MR) is 98.1 cm³/mol. The Balaban J connectivity index is 1.67. The first kappa shape index (κ1) is 17.5. The fourth-order valence-corrected chi connectivity index (χ4v) is 6.77. The summed E-state index contributed by atoms with van der Waals surface area (Å²) >= 11 is 0. The van der Waals surface area contributed by atoms with Crippen LogP contribution in [0.1, 0.15) is 58.8 Å². The number of carbonyl (C=O) groups excluding carboxylic acids is 1. The largest absolute Gasteiger partial charge is 0.393 e. The van der Waals surface area contributed by atoms with Crippen LogP contribution in [0.2, 0.25) is 0 Å². The lowest BCUT2D eigenvalue weighted by atomic mass is 9.55. The number of aliphatic hydroxyl groups excluding tert-OH is 1. The van der Waals surface area contributed by atoms with Gasteiger partial charge in [0, 0.05) is 13.0 Å². The summed E-state index contributed by atoms with van der Waals surface area (Å²) in [6.07, 6.45) is 9.64. The number of methoxy groups -OCH3 is 1. The lowest BCUT2D eigenvalue weighted by molar-refractivity contribution is -0.120. The Morgan fingerprint density at radius 1 is 1.32 bits per heavy atom. The van der Waals surface area contributed by atoms with Gasteiger partial charge in [-0.05, 0) is 92.3 Å². The zero-order chi connectivity index (χ0) is 17.8. The molecule has 3 heteroatoms. The van der Waals surface area contributed by atoms with E-state index in [-0.39, 0.29) is 17.8 Å². The van der Waals surface area contributed by atoms with Crippen LogP contribution in [0, 0.1) is 29.1 Å². The van der Waals surface area contributed by atoms with E-state index in [4.69, 9.17) is 4.74 Å². The molecule has 0 aliphatic heterocycles. The van der Waals surface area contributed by atoms with Crippen molar-refractivity contribution in [3.8, 4) is 0 Å². The molecule has 3 nitrogen and oxygen atoms in total. The normalized spacial score (nSPS) is 41.8. The first-order valence-corrected chi connectivity index (χ1v) is 10.1. The molecular weight excluding hydrogens is 312 g/mol. The molecule has 4 aliphatic rings. The highest BCUT2D eigenvalue weighted by atomic mass is 16.5. The SMILES string of the molecule is COCC1CC2=C3CC[C@]4(C)[C@@H](C(C)O)CC[C@H]4[C@@H]3CCC2=CC1=O. The van der Waals surface area contributed by atoms with E-state index in [9.17, 15) is 9.90 Å². The Bertz CT molecular complexity index is 629. The summed E-state index contributed by atoms with van der Waals surface area (Å²) in [6.45, 7) is 4.96. The Morgan fingerprint density at radius 2 is 2.12 bits per heavy atom. The van der Waals surface area contributed by atoms with Gasteiger partial charge in [0.05, 0.1) is 12.7 Å². The van der Waals surface area contributed by atoms with Crippen molar-refractivity contribution in [2.45, 2.75) is 64.9 Å². The van der Waals surface area contributed by atoms with Crippen LogP contribution in [0.3, 0.4) is 0 Å². The van der Waals surface area contributed by atoms with Gasteiger partial charge in [0.15, 0.2) is 5.78 Å².